The van der Waals surface area contributed by atoms with E-state index in [0.717, 1.165) is 31.1 Å². The highest BCUT2D eigenvalue weighted by molar-refractivity contribution is 7.09. The first kappa shape index (κ1) is 13.0. The lowest BCUT2D eigenvalue weighted by atomic mass is 10.1. The maximum atomic E-state index is 5.60. The van der Waals surface area contributed by atoms with Crippen molar-refractivity contribution in [2.24, 2.45) is 0 Å². The van der Waals surface area contributed by atoms with Crippen molar-refractivity contribution in [2.75, 3.05) is 20.7 Å². The van der Waals surface area contributed by atoms with E-state index in [0.29, 0.717) is 12.1 Å². The Kier molecular flexibility index (Phi) is 4.50. The van der Waals surface area contributed by atoms with E-state index < -0.39 is 0 Å². The number of rotatable bonds is 5. The van der Waals surface area contributed by atoms with Crippen molar-refractivity contribution < 1.29 is 4.74 Å². The molecule has 5 heteroatoms. The summed E-state index contributed by atoms with van der Waals surface area (Å²) in [5, 5.41) is 6.44. The largest absolute Gasteiger partial charge is 0.377 e. The minimum absolute atomic E-state index is 0.343. The fourth-order valence-electron chi connectivity index (χ4n) is 2.33. The monoisotopic (exact) mass is 255 g/mol. The highest BCUT2D eigenvalue weighted by Gasteiger charge is 2.27. The summed E-state index contributed by atoms with van der Waals surface area (Å²) in [5.74, 6) is 0. The quantitative estimate of drug-likeness (QED) is 0.864. The van der Waals surface area contributed by atoms with Crippen molar-refractivity contribution in [2.45, 2.75) is 38.6 Å². The van der Waals surface area contributed by atoms with Crippen LogP contribution in [0.15, 0.2) is 5.38 Å². The van der Waals surface area contributed by atoms with E-state index in [4.69, 9.17) is 4.74 Å². The molecule has 0 bridgehead atoms. The Balaban J connectivity index is 1.90. The molecule has 0 amide bonds. The highest BCUT2D eigenvalue weighted by atomic mass is 32.1. The minimum atomic E-state index is 0.343. The molecule has 1 aliphatic rings. The average Bonchev–Trinajstić information content (AvgIpc) is 2.88. The lowest BCUT2D eigenvalue weighted by Crippen LogP contribution is -2.36. The van der Waals surface area contributed by atoms with Crippen LogP contribution in [0.1, 0.15) is 24.0 Å². The van der Waals surface area contributed by atoms with Gasteiger partial charge in [-0.05, 0) is 27.4 Å². The van der Waals surface area contributed by atoms with E-state index in [-0.39, 0.29) is 0 Å². The Morgan fingerprint density at radius 1 is 1.65 bits per heavy atom. The molecule has 1 aromatic heterocycles. The van der Waals surface area contributed by atoms with Crippen LogP contribution in [0, 0.1) is 0 Å². The smallest absolute Gasteiger partial charge is 0.107 e. The molecule has 2 atom stereocenters. The van der Waals surface area contributed by atoms with Gasteiger partial charge >= 0.3 is 0 Å². The molecule has 0 aromatic carbocycles. The lowest BCUT2D eigenvalue weighted by Gasteiger charge is -2.25. The zero-order valence-corrected chi connectivity index (χ0v) is 11.6. The van der Waals surface area contributed by atoms with Gasteiger partial charge in [-0.15, -0.1) is 11.3 Å². The van der Waals surface area contributed by atoms with E-state index in [1.54, 1.807) is 11.3 Å². The molecule has 2 heterocycles. The molecule has 17 heavy (non-hydrogen) atoms. The molecular formula is C12H21N3OS. The fourth-order valence-corrected chi connectivity index (χ4v) is 3.12. The Bertz CT molecular complexity index is 355. The van der Waals surface area contributed by atoms with Crippen LogP contribution in [0.3, 0.4) is 0 Å². The summed E-state index contributed by atoms with van der Waals surface area (Å²) in [5.41, 5.74) is 1.17. The highest BCUT2D eigenvalue weighted by Crippen LogP contribution is 2.20. The second-order valence-electron chi connectivity index (χ2n) is 4.61. The Morgan fingerprint density at radius 3 is 3.12 bits per heavy atom. The number of hydrogen-bond acceptors (Lipinski definition) is 5. The molecule has 4 nitrogen and oxygen atoms in total. The molecule has 0 aliphatic carbocycles. The predicted molar refractivity (Wildman–Crippen MR) is 70.2 cm³/mol. The maximum absolute atomic E-state index is 5.60. The minimum Gasteiger partial charge on any atom is -0.377 e. The van der Waals surface area contributed by atoms with Crippen LogP contribution in [-0.4, -0.2) is 42.7 Å². The lowest BCUT2D eigenvalue weighted by molar-refractivity contribution is 0.0811. The molecule has 1 N–H and O–H groups in total. The van der Waals surface area contributed by atoms with Crippen LogP contribution in [0.5, 0.6) is 0 Å². The first-order valence-electron chi connectivity index (χ1n) is 6.10. The maximum Gasteiger partial charge on any atom is 0.107 e. The van der Waals surface area contributed by atoms with Gasteiger partial charge in [-0.3, -0.25) is 4.90 Å². The predicted octanol–water partition coefficient (Wildman–Crippen LogP) is 1.47. The first-order chi connectivity index (χ1) is 8.20. The fraction of sp³-hybridized carbons (Fsp3) is 0.750. The number of nitrogens with zero attached hydrogens (tertiary/aromatic N) is 2. The van der Waals surface area contributed by atoms with E-state index in [1.165, 1.54) is 5.69 Å². The molecule has 2 rings (SSSR count). The molecular weight excluding hydrogens is 234 g/mol. The van der Waals surface area contributed by atoms with Crippen LogP contribution < -0.4 is 5.32 Å². The molecule has 1 aliphatic heterocycles. The first-order valence-corrected chi connectivity index (χ1v) is 6.98. The molecule has 1 fully saturated rings. The number of ether oxygens (including phenoxy) is 1. The number of hydrogen-bond donors (Lipinski definition) is 1. The van der Waals surface area contributed by atoms with E-state index in [2.05, 4.69) is 34.6 Å². The summed E-state index contributed by atoms with van der Waals surface area (Å²) in [7, 11) is 4.11. The molecule has 96 valence electrons. The van der Waals surface area contributed by atoms with Crippen LogP contribution in [0.25, 0.3) is 0 Å². The van der Waals surface area contributed by atoms with Gasteiger partial charge in [0.05, 0.1) is 11.8 Å². The van der Waals surface area contributed by atoms with Gasteiger partial charge in [0.25, 0.3) is 0 Å². The zero-order valence-electron chi connectivity index (χ0n) is 10.8. The summed E-state index contributed by atoms with van der Waals surface area (Å²) in [6, 6.07) is 0.532. The molecule has 0 spiro atoms. The third-order valence-corrected chi connectivity index (χ3v) is 4.14. The summed E-state index contributed by atoms with van der Waals surface area (Å²) >= 11 is 1.73. The van der Waals surface area contributed by atoms with E-state index in [9.17, 15) is 0 Å². The van der Waals surface area contributed by atoms with Gasteiger partial charge < -0.3 is 10.1 Å². The van der Waals surface area contributed by atoms with Crippen LogP contribution in [0.4, 0.5) is 0 Å². The number of aromatic nitrogens is 1. The van der Waals surface area contributed by atoms with Crippen LogP contribution in [0.2, 0.25) is 0 Å². The van der Waals surface area contributed by atoms with Crippen molar-refractivity contribution in [3.8, 4) is 0 Å². The Hall–Kier alpha value is -0.490. The molecule has 0 saturated carbocycles. The molecule has 1 saturated heterocycles. The van der Waals surface area contributed by atoms with Gasteiger partial charge in [0.15, 0.2) is 0 Å². The van der Waals surface area contributed by atoms with Gasteiger partial charge in [-0.1, -0.05) is 0 Å². The van der Waals surface area contributed by atoms with Crippen LogP contribution in [-0.2, 0) is 17.8 Å². The number of thiazole rings is 1. The topological polar surface area (TPSA) is 37.4 Å². The van der Waals surface area contributed by atoms with Gasteiger partial charge in [-0.2, -0.15) is 0 Å². The van der Waals surface area contributed by atoms with Crippen molar-refractivity contribution in [3.63, 3.8) is 0 Å². The van der Waals surface area contributed by atoms with Gasteiger partial charge in [-0.25, -0.2) is 4.98 Å². The molecule has 0 radical (unpaired) electrons. The summed E-state index contributed by atoms with van der Waals surface area (Å²) in [6.07, 6.45) is 1.47. The van der Waals surface area contributed by atoms with Crippen molar-refractivity contribution >= 4 is 11.3 Å². The number of nitrogens with one attached hydrogen (secondary N) is 1. The van der Waals surface area contributed by atoms with Crippen molar-refractivity contribution in [1.29, 1.82) is 0 Å². The van der Waals surface area contributed by atoms with E-state index in [1.807, 2.05) is 7.05 Å². The Labute approximate surface area is 107 Å². The summed E-state index contributed by atoms with van der Waals surface area (Å²) in [6.45, 7) is 4.82. The number of likely N-dealkylation sites (N-methyl/N-ethyl adjacent to an activating group) is 1. The van der Waals surface area contributed by atoms with Gasteiger partial charge in [0.2, 0.25) is 0 Å². The third-order valence-electron chi connectivity index (χ3n) is 3.24. The van der Waals surface area contributed by atoms with Crippen molar-refractivity contribution in [3.05, 3.63) is 16.1 Å². The molecule has 2 unspecified atom stereocenters. The second-order valence-corrected chi connectivity index (χ2v) is 5.55. The second kappa shape index (κ2) is 5.91. The third kappa shape index (κ3) is 3.25. The van der Waals surface area contributed by atoms with Crippen molar-refractivity contribution in [1.82, 2.24) is 15.2 Å². The summed E-state index contributed by atoms with van der Waals surface area (Å²) in [4.78, 5) is 6.97. The molecule has 1 aromatic rings. The van der Waals surface area contributed by atoms with Gasteiger partial charge in [0.1, 0.15) is 5.01 Å². The normalized spacial score (nSPS) is 24.7. The Morgan fingerprint density at radius 2 is 2.47 bits per heavy atom. The SMILES string of the molecule is CNCc1nc(CN(C)C2CCOC2C)cs1. The zero-order chi connectivity index (χ0) is 12.3. The van der Waals surface area contributed by atoms with E-state index >= 15 is 0 Å². The van der Waals surface area contributed by atoms with Gasteiger partial charge in [0, 0.05) is 31.1 Å². The standard InChI is InChI=1S/C12H21N3OS/c1-9-11(4-5-16-9)15(3)7-10-8-17-12(14-10)6-13-2/h8-9,11,13H,4-7H2,1-3H3. The van der Waals surface area contributed by atoms with Crippen LogP contribution >= 0.6 is 11.3 Å². The summed E-state index contributed by atoms with van der Waals surface area (Å²) < 4.78 is 5.60. The average molecular weight is 255 g/mol.